The molecule has 0 aromatic carbocycles. The number of allylic oxidation sites excluding steroid dienone is 1. The second kappa shape index (κ2) is 3.02. The second-order valence-electron chi connectivity index (χ2n) is 1.39. The lowest BCUT2D eigenvalue weighted by Gasteiger charge is -1.86. The lowest BCUT2D eigenvalue weighted by molar-refractivity contribution is -0.114. The lowest BCUT2D eigenvalue weighted by atomic mass is 10.3. The third-order valence-corrected chi connectivity index (χ3v) is 0.684. The minimum atomic E-state index is -0.469. The van der Waals surface area contributed by atoms with Crippen molar-refractivity contribution in [1.29, 1.82) is 0 Å². The summed E-state index contributed by atoms with van der Waals surface area (Å²) in [7, 11) is 0. The smallest absolute Gasteiger partial charge is 0.248 e. The molecule has 0 heterocycles. The third-order valence-electron chi connectivity index (χ3n) is 0.684. The molecule has 0 spiro atoms. The summed E-state index contributed by atoms with van der Waals surface area (Å²) in [6.45, 7) is 5.18. The minimum Gasteiger partial charge on any atom is -0.366 e. The number of carbonyl (C=O) groups is 1. The Balaban J connectivity index is 3.85. The van der Waals surface area contributed by atoms with E-state index in [-0.39, 0.29) is 0 Å². The number of rotatable bonds is 2. The van der Waals surface area contributed by atoms with Gasteiger partial charge < -0.3 is 5.73 Å². The van der Waals surface area contributed by atoms with Crippen LogP contribution >= 0.6 is 0 Å². The highest BCUT2D eigenvalue weighted by Gasteiger charge is 1.91. The molecule has 0 bridgehead atoms. The third kappa shape index (κ3) is 2.18. The first kappa shape index (κ1) is 6.95. The van der Waals surface area contributed by atoms with Crippen molar-refractivity contribution in [2.45, 2.75) is 6.92 Å². The van der Waals surface area contributed by atoms with E-state index in [1.165, 1.54) is 0 Å². The molecule has 0 radical (unpaired) electrons. The van der Waals surface area contributed by atoms with Crippen molar-refractivity contribution in [3.8, 4) is 0 Å². The molecule has 0 aliphatic heterocycles. The highest BCUT2D eigenvalue weighted by atomic mass is 16.1. The van der Waals surface area contributed by atoms with E-state index in [9.17, 15) is 4.79 Å². The molecule has 0 aromatic rings. The average molecular weight is 111 g/mol. The van der Waals surface area contributed by atoms with Crippen LogP contribution in [0, 0.1) is 0 Å². The molecule has 0 aromatic heterocycles. The van der Waals surface area contributed by atoms with Crippen molar-refractivity contribution in [1.82, 2.24) is 0 Å². The molecule has 0 rings (SSSR count). The summed E-state index contributed by atoms with van der Waals surface area (Å²) < 4.78 is 0. The first-order valence-electron chi connectivity index (χ1n) is 2.30. The van der Waals surface area contributed by atoms with Gasteiger partial charge in [-0.1, -0.05) is 18.7 Å². The molecule has 2 N–H and O–H groups in total. The molecule has 1 amide bonds. The largest absolute Gasteiger partial charge is 0.366 e. The normalized spacial score (nSPS) is 9.62. The summed E-state index contributed by atoms with van der Waals surface area (Å²) in [6.07, 6.45) is 3.29. The first-order valence-corrected chi connectivity index (χ1v) is 2.30. The van der Waals surface area contributed by atoms with E-state index in [0.29, 0.717) is 5.57 Å². The van der Waals surface area contributed by atoms with E-state index in [0.717, 1.165) is 0 Å². The molecular weight excluding hydrogens is 102 g/mol. The number of hydrogen-bond donors (Lipinski definition) is 1. The zero-order valence-electron chi connectivity index (χ0n) is 4.85. The average Bonchev–Trinajstić information content (AvgIpc) is 1.67. The molecule has 0 aliphatic rings. The van der Waals surface area contributed by atoms with Crippen LogP contribution in [0.5, 0.6) is 0 Å². The van der Waals surface area contributed by atoms with Crippen LogP contribution in [0.25, 0.3) is 0 Å². The van der Waals surface area contributed by atoms with Gasteiger partial charge in [-0.05, 0) is 6.92 Å². The summed E-state index contributed by atoms with van der Waals surface area (Å²) in [5, 5.41) is 0. The van der Waals surface area contributed by atoms with Gasteiger partial charge in [0.25, 0.3) is 0 Å². The standard InChI is InChI=1S/C6H9NO/c1-3-4-5(2)6(7)8/h3-4H,2H2,1H3,(H2,7,8)/b4-3-. The van der Waals surface area contributed by atoms with Crippen molar-refractivity contribution in [3.63, 3.8) is 0 Å². The first-order chi connectivity index (χ1) is 3.68. The van der Waals surface area contributed by atoms with Gasteiger partial charge in [0.15, 0.2) is 0 Å². The van der Waals surface area contributed by atoms with Crippen molar-refractivity contribution in [3.05, 3.63) is 24.3 Å². The van der Waals surface area contributed by atoms with Gasteiger partial charge in [-0.3, -0.25) is 4.79 Å². The van der Waals surface area contributed by atoms with E-state index >= 15 is 0 Å². The topological polar surface area (TPSA) is 43.1 Å². The van der Waals surface area contributed by atoms with E-state index < -0.39 is 5.91 Å². The number of primary amides is 1. The highest BCUT2D eigenvalue weighted by Crippen LogP contribution is 1.87. The van der Waals surface area contributed by atoms with Crippen LogP contribution in [0.2, 0.25) is 0 Å². The Labute approximate surface area is 48.7 Å². The molecular formula is C6H9NO. The maximum atomic E-state index is 10.2. The summed E-state index contributed by atoms with van der Waals surface area (Å²) in [6, 6.07) is 0. The molecule has 0 aliphatic carbocycles. The van der Waals surface area contributed by atoms with Crippen molar-refractivity contribution < 1.29 is 4.79 Å². The second-order valence-corrected chi connectivity index (χ2v) is 1.39. The molecule has 0 unspecified atom stereocenters. The quantitative estimate of drug-likeness (QED) is 0.411. The Bertz CT molecular complexity index is 135. The van der Waals surface area contributed by atoms with Crippen LogP contribution in [0.15, 0.2) is 24.3 Å². The molecule has 0 fully saturated rings. The fraction of sp³-hybridized carbons (Fsp3) is 0.167. The predicted octanol–water partition coefficient (Wildman–Crippen LogP) is 0.604. The summed E-state index contributed by atoms with van der Waals surface area (Å²) >= 11 is 0. The Morgan fingerprint density at radius 2 is 2.25 bits per heavy atom. The van der Waals surface area contributed by atoms with Crippen molar-refractivity contribution in [2.24, 2.45) is 5.73 Å². The van der Waals surface area contributed by atoms with Crippen LogP contribution in [-0.2, 0) is 4.79 Å². The maximum absolute atomic E-state index is 10.2. The molecule has 0 saturated heterocycles. The van der Waals surface area contributed by atoms with Gasteiger partial charge in [0.05, 0.1) is 0 Å². The van der Waals surface area contributed by atoms with Crippen LogP contribution in [-0.4, -0.2) is 5.91 Å². The highest BCUT2D eigenvalue weighted by molar-refractivity contribution is 5.93. The number of nitrogens with two attached hydrogens (primary N) is 1. The Hall–Kier alpha value is -1.05. The van der Waals surface area contributed by atoms with Crippen LogP contribution < -0.4 is 5.73 Å². The molecule has 0 atom stereocenters. The summed E-state index contributed by atoms with van der Waals surface area (Å²) in [4.78, 5) is 10.2. The molecule has 0 saturated carbocycles. The van der Waals surface area contributed by atoms with Crippen LogP contribution in [0.3, 0.4) is 0 Å². The van der Waals surface area contributed by atoms with Gasteiger partial charge in [0.1, 0.15) is 0 Å². The van der Waals surface area contributed by atoms with Gasteiger partial charge in [0, 0.05) is 5.57 Å². The van der Waals surface area contributed by atoms with Crippen molar-refractivity contribution in [2.75, 3.05) is 0 Å². The molecule has 44 valence electrons. The summed E-state index contributed by atoms with van der Waals surface area (Å²) in [5.74, 6) is -0.469. The lowest BCUT2D eigenvalue weighted by Crippen LogP contribution is -2.10. The maximum Gasteiger partial charge on any atom is 0.248 e. The van der Waals surface area contributed by atoms with E-state index in [1.54, 1.807) is 19.1 Å². The number of hydrogen-bond acceptors (Lipinski definition) is 1. The molecule has 2 heteroatoms. The van der Waals surface area contributed by atoms with Gasteiger partial charge in [-0.15, -0.1) is 0 Å². The van der Waals surface area contributed by atoms with Gasteiger partial charge in [-0.2, -0.15) is 0 Å². The Kier molecular flexibility index (Phi) is 2.62. The van der Waals surface area contributed by atoms with Crippen LogP contribution in [0.1, 0.15) is 6.92 Å². The zero-order chi connectivity index (χ0) is 6.57. The minimum absolute atomic E-state index is 0.340. The number of carbonyl (C=O) groups excluding carboxylic acids is 1. The van der Waals surface area contributed by atoms with Gasteiger partial charge in [0.2, 0.25) is 5.91 Å². The predicted molar refractivity (Wildman–Crippen MR) is 33.1 cm³/mol. The SMILES string of the molecule is C=C(/C=C\C)C(N)=O. The zero-order valence-corrected chi connectivity index (χ0v) is 4.85. The number of amides is 1. The van der Waals surface area contributed by atoms with Crippen molar-refractivity contribution >= 4 is 5.91 Å². The molecule has 8 heavy (non-hydrogen) atoms. The van der Waals surface area contributed by atoms with Crippen LogP contribution in [0.4, 0.5) is 0 Å². The Morgan fingerprint density at radius 3 is 2.38 bits per heavy atom. The van der Waals surface area contributed by atoms with E-state index in [2.05, 4.69) is 6.58 Å². The summed E-state index contributed by atoms with van der Waals surface area (Å²) in [5.41, 5.74) is 5.17. The van der Waals surface area contributed by atoms with Gasteiger partial charge in [-0.25, -0.2) is 0 Å². The van der Waals surface area contributed by atoms with E-state index in [4.69, 9.17) is 5.73 Å². The molecule has 2 nitrogen and oxygen atoms in total. The Morgan fingerprint density at radius 1 is 1.75 bits per heavy atom. The fourth-order valence-electron chi connectivity index (χ4n) is 0.283. The monoisotopic (exact) mass is 111 g/mol. The van der Waals surface area contributed by atoms with E-state index in [1.807, 2.05) is 0 Å². The fourth-order valence-corrected chi connectivity index (χ4v) is 0.283. The van der Waals surface area contributed by atoms with Gasteiger partial charge >= 0.3 is 0 Å².